The zero-order valence-electron chi connectivity index (χ0n) is 26.2. The highest BCUT2D eigenvalue weighted by Gasteiger charge is 2.35. The number of hydrogen-bond donors (Lipinski definition) is 2. The van der Waals surface area contributed by atoms with Gasteiger partial charge in [-0.15, -0.1) is 0 Å². The highest BCUT2D eigenvalue weighted by atomic mass is 32.2. The highest BCUT2D eigenvalue weighted by molar-refractivity contribution is 7.89. The maximum atomic E-state index is 13.9. The molecular weight excluding hydrogens is 613 g/mol. The Kier molecular flexibility index (Phi) is 11.2. The summed E-state index contributed by atoms with van der Waals surface area (Å²) in [6, 6.07) is 17.8. The fourth-order valence-electron chi connectivity index (χ4n) is 5.14. The maximum Gasteiger partial charge on any atom is 0.244 e. The van der Waals surface area contributed by atoms with Crippen molar-refractivity contribution in [2.75, 3.05) is 13.1 Å². The smallest absolute Gasteiger partial charge is 0.244 e. The van der Waals surface area contributed by atoms with Crippen LogP contribution in [0.15, 0.2) is 82.6 Å². The minimum Gasteiger partial charge on any atom is -0.355 e. The molecule has 0 saturated heterocycles. The quantitative estimate of drug-likeness (QED) is 0.439. The minimum absolute atomic E-state index is 0.0706. The van der Waals surface area contributed by atoms with Crippen molar-refractivity contribution in [3.63, 3.8) is 0 Å². The van der Waals surface area contributed by atoms with Gasteiger partial charge in [-0.3, -0.25) is 9.59 Å². The van der Waals surface area contributed by atoms with E-state index in [4.69, 9.17) is 0 Å². The zero-order valence-corrected chi connectivity index (χ0v) is 27.8. The van der Waals surface area contributed by atoms with E-state index >= 15 is 0 Å². The van der Waals surface area contributed by atoms with Crippen LogP contribution >= 0.6 is 0 Å². The Morgan fingerprint density at radius 1 is 0.600 bits per heavy atom. The predicted octanol–water partition coefficient (Wildman–Crippen LogP) is 3.88. The fraction of sp³-hybridized carbons (Fsp3) is 0.394. The molecule has 2 atom stereocenters. The van der Waals surface area contributed by atoms with Gasteiger partial charge in [-0.25, -0.2) is 16.8 Å². The molecular formula is C33H42N4O6S2. The second-order valence-electron chi connectivity index (χ2n) is 11.5. The molecule has 3 aromatic rings. The molecule has 12 heteroatoms. The first-order valence-electron chi connectivity index (χ1n) is 15.1. The van der Waals surface area contributed by atoms with E-state index in [-0.39, 0.29) is 22.9 Å². The summed E-state index contributed by atoms with van der Waals surface area (Å²) < 4.78 is 58.1. The zero-order chi connectivity index (χ0) is 32.8. The molecule has 0 aromatic heterocycles. The topological polar surface area (TPSA) is 133 Å². The van der Waals surface area contributed by atoms with Crippen molar-refractivity contribution < 1.29 is 26.4 Å². The number of fused-ring (bicyclic) bond motifs is 2. The molecule has 0 fully saturated rings. The van der Waals surface area contributed by atoms with Gasteiger partial charge in [0.1, 0.15) is 12.1 Å². The van der Waals surface area contributed by atoms with Gasteiger partial charge in [-0.05, 0) is 82.3 Å². The molecule has 0 aliphatic carbocycles. The lowest BCUT2D eigenvalue weighted by Crippen LogP contribution is -2.48. The van der Waals surface area contributed by atoms with Gasteiger partial charge in [0.2, 0.25) is 31.9 Å². The number of sulfonamides is 2. The van der Waals surface area contributed by atoms with E-state index in [0.717, 1.165) is 11.1 Å². The Bertz CT molecular complexity index is 1590. The number of nitrogens with zero attached hydrogens (tertiary/aromatic N) is 2. The number of hydrogen-bond acceptors (Lipinski definition) is 6. The maximum absolute atomic E-state index is 13.9. The van der Waals surface area contributed by atoms with E-state index in [1.165, 1.54) is 32.9 Å². The van der Waals surface area contributed by atoms with Crippen molar-refractivity contribution in [3.05, 3.63) is 95.1 Å². The molecule has 0 spiro atoms. The molecule has 4 rings (SSSR count). The van der Waals surface area contributed by atoms with Crippen LogP contribution in [0, 0.1) is 13.8 Å². The standard InChI is InChI=1S/C33H42N4O6S2/c1-24-11-15-30(16-12-24)44(40,41)36-22-28-9-8-10-29(21-28)23-37(45(42,43)31-17-13-25(2)14-18-31)27(4)33(39)35-20-7-5-6-19-34-32(38)26(36)3/h8-18,21,26-27H,5-7,19-20,22-23H2,1-4H3,(H,34,38)(H,35,39)/t26-,27-/m0/s1. The van der Waals surface area contributed by atoms with Gasteiger partial charge < -0.3 is 10.6 Å². The van der Waals surface area contributed by atoms with E-state index in [2.05, 4.69) is 10.6 Å². The van der Waals surface area contributed by atoms with Crippen molar-refractivity contribution >= 4 is 31.9 Å². The Balaban J connectivity index is 1.76. The number of rotatable bonds is 4. The van der Waals surface area contributed by atoms with Crippen LogP contribution in [0.2, 0.25) is 0 Å². The molecule has 242 valence electrons. The van der Waals surface area contributed by atoms with Crippen LogP contribution in [0.1, 0.15) is 55.4 Å². The molecule has 1 heterocycles. The van der Waals surface area contributed by atoms with Crippen LogP contribution in [-0.4, -0.2) is 62.4 Å². The summed E-state index contributed by atoms with van der Waals surface area (Å²) in [6.07, 6.45) is 1.96. The monoisotopic (exact) mass is 654 g/mol. The molecule has 0 radical (unpaired) electrons. The average Bonchev–Trinajstić information content (AvgIpc) is 3.01. The number of nitrogens with one attached hydrogen (secondary N) is 2. The molecule has 10 nitrogen and oxygen atoms in total. The number of benzene rings is 3. The Morgan fingerprint density at radius 3 is 1.36 bits per heavy atom. The Labute approximate surface area is 266 Å². The van der Waals surface area contributed by atoms with Crippen molar-refractivity contribution in [1.82, 2.24) is 19.2 Å². The van der Waals surface area contributed by atoms with Gasteiger partial charge in [0, 0.05) is 26.2 Å². The van der Waals surface area contributed by atoms with Gasteiger partial charge >= 0.3 is 0 Å². The molecule has 2 amide bonds. The van der Waals surface area contributed by atoms with Gasteiger partial charge in [-0.1, -0.05) is 59.7 Å². The highest BCUT2D eigenvalue weighted by Crippen LogP contribution is 2.25. The van der Waals surface area contributed by atoms with Crippen molar-refractivity contribution in [2.45, 2.75) is 81.9 Å². The first-order valence-corrected chi connectivity index (χ1v) is 18.0. The fourth-order valence-corrected chi connectivity index (χ4v) is 8.31. The third kappa shape index (κ3) is 8.37. The van der Waals surface area contributed by atoms with Crippen LogP contribution in [0.25, 0.3) is 0 Å². The Morgan fingerprint density at radius 2 is 0.978 bits per heavy atom. The summed E-state index contributed by atoms with van der Waals surface area (Å²) in [5.41, 5.74) is 2.93. The first-order chi connectivity index (χ1) is 21.3. The molecule has 2 bridgehead atoms. The van der Waals surface area contributed by atoms with Crippen LogP contribution in [0.5, 0.6) is 0 Å². The number of carbonyl (C=O) groups excluding carboxylic acids is 2. The van der Waals surface area contributed by atoms with E-state index in [9.17, 15) is 26.4 Å². The molecule has 45 heavy (non-hydrogen) atoms. The summed E-state index contributed by atoms with van der Waals surface area (Å²) in [7, 11) is -8.19. The predicted molar refractivity (Wildman–Crippen MR) is 173 cm³/mol. The van der Waals surface area contributed by atoms with Crippen LogP contribution in [0.3, 0.4) is 0 Å². The van der Waals surface area contributed by atoms with Gasteiger partial charge in [-0.2, -0.15) is 8.61 Å². The second kappa shape index (κ2) is 14.7. The number of aryl methyl sites for hydroxylation is 2. The van der Waals surface area contributed by atoms with Crippen molar-refractivity contribution in [1.29, 1.82) is 0 Å². The summed E-state index contributed by atoms with van der Waals surface area (Å²) >= 11 is 0. The summed E-state index contributed by atoms with van der Waals surface area (Å²) in [5.74, 6) is -0.832. The lowest BCUT2D eigenvalue weighted by Gasteiger charge is -2.29. The van der Waals surface area contributed by atoms with E-state index in [1.54, 1.807) is 62.4 Å². The molecule has 0 unspecified atom stereocenters. The largest absolute Gasteiger partial charge is 0.355 e. The van der Waals surface area contributed by atoms with Crippen LogP contribution in [0.4, 0.5) is 0 Å². The average molecular weight is 655 g/mol. The van der Waals surface area contributed by atoms with E-state index in [0.29, 0.717) is 43.5 Å². The summed E-state index contributed by atoms with van der Waals surface area (Å²) in [6.45, 7) is 7.31. The SMILES string of the molecule is Cc1ccc(S(=O)(=O)N2Cc3cccc(c3)CN(S(=O)(=O)c3ccc(C)cc3)[C@@H](C)C(=O)NCCCCCNC(=O)[C@@H]2C)cc1. The lowest BCUT2D eigenvalue weighted by atomic mass is 10.1. The second-order valence-corrected chi connectivity index (χ2v) is 15.3. The molecule has 0 saturated carbocycles. The molecule has 3 aromatic carbocycles. The van der Waals surface area contributed by atoms with Crippen LogP contribution < -0.4 is 10.6 Å². The van der Waals surface area contributed by atoms with Gasteiger partial charge in [0.15, 0.2) is 0 Å². The lowest BCUT2D eigenvalue weighted by molar-refractivity contribution is -0.125. The number of carbonyl (C=O) groups is 2. The normalized spacial score (nSPS) is 20.4. The minimum atomic E-state index is -4.10. The molecule has 1 aliphatic rings. The van der Waals surface area contributed by atoms with E-state index < -0.39 is 43.9 Å². The molecule has 1 aliphatic heterocycles. The van der Waals surface area contributed by atoms with Crippen molar-refractivity contribution in [3.8, 4) is 0 Å². The summed E-state index contributed by atoms with van der Waals surface area (Å²) in [4.78, 5) is 26.6. The summed E-state index contributed by atoms with van der Waals surface area (Å²) in [5, 5.41) is 5.71. The third-order valence-electron chi connectivity index (χ3n) is 8.00. The number of amides is 2. The van der Waals surface area contributed by atoms with Crippen molar-refractivity contribution in [2.24, 2.45) is 0 Å². The molecule has 2 N–H and O–H groups in total. The van der Waals surface area contributed by atoms with Gasteiger partial charge in [0.05, 0.1) is 9.79 Å². The van der Waals surface area contributed by atoms with Gasteiger partial charge in [0.25, 0.3) is 0 Å². The Hall–Kier alpha value is -3.58. The first kappa shape index (κ1) is 34.3. The van der Waals surface area contributed by atoms with E-state index in [1.807, 2.05) is 13.8 Å². The third-order valence-corrected chi connectivity index (χ3v) is 11.9. The van der Waals surface area contributed by atoms with Crippen LogP contribution in [-0.2, 0) is 42.7 Å².